The molecule has 2 aromatic heterocycles. The largest absolute Gasteiger partial charge is 0.467 e. The van der Waals surface area contributed by atoms with Crippen LogP contribution in [0.5, 0.6) is 0 Å². The molecular weight excluding hydrogens is 264 g/mol. The van der Waals surface area contributed by atoms with Gasteiger partial charge in [0.2, 0.25) is 5.91 Å². The number of aromatic nitrogens is 1. The van der Waals surface area contributed by atoms with Crippen molar-refractivity contribution in [2.45, 2.75) is 19.9 Å². The molecule has 4 heteroatoms. The molecule has 1 aromatic carbocycles. The second-order valence-electron chi connectivity index (χ2n) is 5.17. The average molecular weight is 282 g/mol. The number of nitrogens with zero attached hydrogens (tertiary/aromatic N) is 1. The Morgan fingerprint density at radius 3 is 2.81 bits per heavy atom. The van der Waals surface area contributed by atoms with Gasteiger partial charge < -0.3 is 14.3 Å². The predicted octanol–water partition coefficient (Wildman–Crippen LogP) is 2.94. The number of furan rings is 1. The van der Waals surface area contributed by atoms with Gasteiger partial charge in [0, 0.05) is 23.6 Å². The van der Waals surface area contributed by atoms with E-state index in [1.807, 2.05) is 31.3 Å². The number of rotatable bonds is 4. The zero-order valence-corrected chi connectivity index (χ0v) is 12.2. The fourth-order valence-corrected chi connectivity index (χ4v) is 2.64. The lowest BCUT2D eigenvalue weighted by Crippen LogP contribution is -2.24. The van der Waals surface area contributed by atoms with E-state index in [1.54, 1.807) is 6.26 Å². The Bertz CT molecular complexity index is 770. The summed E-state index contributed by atoms with van der Waals surface area (Å²) in [6, 6.07) is 11.8. The lowest BCUT2D eigenvalue weighted by Gasteiger charge is -2.04. The summed E-state index contributed by atoms with van der Waals surface area (Å²) in [5.74, 6) is 0.767. The smallest absolute Gasteiger partial charge is 0.224 e. The van der Waals surface area contributed by atoms with E-state index in [-0.39, 0.29) is 5.91 Å². The highest BCUT2D eigenvalue weighted by molar-refractivity contribution is 5.90. The normalized spacial score (nSPS) is 11.0. The van der Waals surface area contributed by atoms with Crippen LogP contribution in [0.2, 0.25) is 0 Å². The lowest BCUT2D eigenvalue weighted by atomic mass is 10.1. The monoisotopic (exact) mass is 282 g/mol. The number of hydrogen-bond acceptors (Lipinski definition) is 2. The van der Waals surface area contributed by atoms with Crippen molar-refractivity contribution in [2.75, 3.05) is 0 Å². The van der Waals surface area contributed by atoms with Gasteiger partial charge in [0.1, 0.15) is 5.76 Å². The van der Waals surface area contributed by atoms with Crippen molar-refractivity contribution in [3.63, 3.8) is 0 Å². The third kappa shape index (κ3) is 2.57. The van der Waals surface area contributed by atoms with Crippen LogP contribution in [0.25, 0.3) is 10.9 Å². The fraction of sp³-hybridized carbons (Fsp3) is 0.235. The summed E-state index contributed by atoms with van der Waals surface area (Å²) >= 11 is 0. The van der Waals surface area contributed by atoms with Crippen LogP contribution in [0, 0.1) is 6.92 Å². The zero-order valence-electron chi connectivity index (χ0n) is 12.2. The van der Waals surface area contributed by atoms with Gasteiger partial charge in [-0.3, -0.25) is 4.79 Å². The van der Waals surface area contributed by atoms with Gasteiger partial charge in [-0.1, -0.05) is 18.2 Å². The Kier molecular flexibility index (Phi) is 3.52. The van der Waals surface area contributed by atoms with Crippen LogP contribution >= 0.6 is 0 Å². The molecule has 0 unspecified atom stereocenters. The van der Waals surface area contributed by atoms with Crippen molar-refractivity contribution in [3.8, 4) is 0 Å². The first kappa shape index (κ1) is 13.5. The maximum Gasteiger partial charge on any atom is 0.224 e. The maximum atomic E-state index is 12.2. The van der Waals surface area contributed by atoms with Crippen molar-refractivity contribution < 1.29 is 9.21 Å². The van der Waals surface area contributed by atoms with Crippen LogP contribution in [0.1, 0.15) is 17.0 Å². The summed E-state index contributed by atoms with van der Waals surface area (Å²) in [6.07, 6.45) is 1.99. The zero-order chi connectivity index (χ0) is 14.8. The van der Waals surface area contributed by atoms with E-state index >= 15 is 0 Å². The first-order valence-electron chi connectivity index (χ1n) is 6.99. The lowest BCUT2D eigenvalue weighted by molar-refractivity contribution is -0.120. The highest BCUT2D eigenvalue weighted by Crippen LogP contribution is 2.25. The first-order chi connectivity index (χ1) is 10.2. The Morgan fingerprint density at radius 2 is 2.05 bits per heavy atom. The molecule has 108 valence electrons. The van der Waals surface area contributed by atoms with E-state index in [4.69, 9.17) is 4.42 Å². The Labute approximate surface area is 123 Å². The van der Waals surface area contributed by atoms with Gasteiger partial charge in [-0.15, -0.1) is 0 Å². The molecule has 0 saturated heterocycles. The van der Waals surface area contributed by atoms with E-state index in [9.17, 15) is 4.79 Å². The molecule has 3 aromatic rings. The molecule has 4 nitrogen and oxygen atoms in total. The molecular formula is C17H18N2O2. The van der Waals surface area contributed by atoms with Gasteiger partial charge in [0.25, 0.3) is 0 Å². The van der Waals surface area contributed by atoms with Crippen LogP contribution in [0.15, 0.2) is 47.1 Å². The van der Waals surface area contributed by atoms with Crippen molar-refractivity contribution in [2.24, 2.45) is 7.05 Å². The predicted molar refractivity (Wildman–Crippen MR) is 81.9 cm³/mol. The van der Waals surface area contributed by atoms with Gasteiger partial charge in [-0.05, 0) is 30.7 Å². The second kappa shape index (κ2) is 5.48. The second-order valence-corrected chi connectivity index (χ2v) is 5.17. The quantitative estimate of drug-likeness (QED) is 0.799. The van der Waals surface area contributed by atoms with Crippen molar-refractivity contribution in [1.29, 1.82) is 0 Å². The molecule has 2 heterocycles. The minimum atomic E-state index is 0.00542. The number of nitrogens with one attached hydrogen (secondary N) is 1. The molecule has 0 atom stereocenters. The Hall–Kier alpha value is -2.49. The SMILES string of the molecule is Cc1c(CC(=O)NCc2ccco2)c2ccccc2n1C. The average Bonchev–Trinajstić information content (AvgIpc) is 3.09. The summed E-state index contributed by atoms with van der Waals surface area (Å²) in [6.45, 7) is 2.48. The van der Waals surface area contributed by atoms with Crippen molar-refractivity contribution in [3.05, 3.63) is 59.7 Å². The van der Waals surface area contributed by atoms with Gasteiger partial charge in [-0.25, -0.2) is 0 Å². The molecule has 0 bridgehead atoms. The highest BCUT2D eigenvalue weighted by Gasteiger charge is 2.14. The third-order valence-electron chi connectivity index (χ3n) is 3.91. The molecule has 0 aliphatic heterocycles. The van der Waals surface area contributed by atoms with Gasteiger partial charge in [-0.2, -0.15) is 0 Å². The number of carbonyl (C=O) groups excluding carboxylic acids is 1. The molecule has 3 rings (SSSR count). The van der Waals surface area contributed by atoms with Crippen LogP contribution < -0.4 is 5.32 Å². The first-order valence-corrected chi connectivity index (χ1v) is 6.99. The van der Waals surface area contributed by atoms with E-state index in [1.165, 1.54) is 0 Å². The molecule has 0 fully saturated rings. The summed E-state index contributed by atoms with van der Waals surface area (Å²) in [7, 11) is 2.03. The number of carbonyl (C=O) groups is 1. The summed E-state index contributed by atoms with van der Waals surface area (Å²) < 4.78 is 7.34. The minimum absolute atomic E-state index is 0.00542. The van der Waals surface area contributed by atoms with Gasteiger partial charge in [0.05, 0.1) is 19.2 Å². The van der Waals surface area contributed by atoms with Gasteiger partial charge in [0.15, 0.2) is 0 Å². The molecule has 1 amide bonds. The van der Waals surface area contributed by atoms with E-state index in [2.05, 4.69) is 28.9 Å². The van der Waals surface area contributed by atoms with Crippen LogP contribution in [0.3, 0.4) is 0 Å². The van der Waals surface area contributed by atoms with Crippen molar-refractivity contribution in [1.82, 2.24) is 9.88 Å². The fourth-order valence-electron chi connectivity index (χ4n) is 2.64. The molecule has 0 saturated carbocycles. The summed E-state index contributed by atoms with van der Waals surface area (Å²) in [4.78, 5) is 12.2. The Balaban J connectivity index is 1.78. The van der Waals surface area contributed by atoms with E-state index < -0.39 is 0 Å². The standard InChI is InChI=1S/C17H18N2O2/c1-12-15(14-7-3-4-8-16(14)19(12)2)10-17(20)18-11-13-6-5-9-21-13/h3-9H,10-11H2,1-2H3,(H,18,20). The van der Waals surface area contributed by atoms with Crippen LogP contribution in [0.4, 0.5) is 0 Å². The molecule has 0 radical (unpaired) electrons. The topological polar surface area (TPSA) is 47.2 Å². The summed E-state index contributed by atoms with van der Waals surface area (Å²) in [5.41, 5.74) is 3.37. The number of hydrogen-bond donors (Lipinski definition) is 1. The Morgan fingerprint density at radius 1 is 1.24 bits per heavy atom. The van der Waals surface area contributed by atoms with Crippen LogP contribution in [-0.4, -0.2) is 10.5 Å². The molecule has 0 aliphatic rings. The maximum absolute atomic E-state index is 12.2. The van der Waals surface area contributed by atoms with Gasteiger partial charge >= 0.3 is 0 Å². The number of fused-ring (bicyclic) bond motifs is 1. The van der Waals surface area contributed by atoms with E-state index in [0.29, 0.717) is 13.0 Å². The molecule has 21 heavy (non-hydrogen) atoms. The molecule has 0 spiro atoms. The van der Waals surface area contributed by atoms with Crippen LogP contribution in [-0.2, 0) is 24.8 Å². The molecule has 0 aliphatic carbocycles. The highest BCUT2D eigenvalue weighted by atomic mass is 16.3. The summed E-state index contributed by atoms with van der Waals surface area (Å²) in [5, 5.41) is 4.04. The molecule has 1 N–H and O–H groups in total. The third-order valence-corrected chi connectivity index (χ3v) is 3.91. The number of para-hydroxylation sites is 1. The minimum Gasteiger partial charge on any atom is -0.467 e. The number of benzene rings is 1. The van der Waals surface area contributed by atoms with Crippen molar-refractivity contribution >= 4 is 16.8 Å². The number of amides is 1. The van der Waals surface area contributed by atoms with E-state index in [0.717, 1.165) is 27.9 Å². The number of aryl methyl sites for hydroxylation is 1.